The highest BCUT2D eigenvalue weighted by molar-refractivity contribution is 5.91. The van der Waals surface area contributed by atoms with Crippen LogP contribution >= 0.6 is 0 Å². The summed E-state index contributed by atoms with van der Waals surface area (Å²) in [6, 6.07) is 8.07. The second-order valence-corrected chi connectivity index (χ2v) is 7.11. The van der Waals surface area contributed by atoms with E-state index in [-0.39, 0.29) is 5.91 Å². The van der Waals surface area contributed by atoms with Crippen LogP contribution < -0.4 is 0 Å². The van der Waals surface area contributed by atoms with Crippen molar-refractivity contribution in [1.82, 2.24) is 9.88 Å². The number of carboxylic acids is 1. The smallest absolute Gasteiger partial charge is 0.310 e. The molecule has 0 unspecified atom stereocenters. The van der Waals surface area contributed by atoms with E-state index in [0.29, 0.717) is 13.1 Å². The van der Waals surface area contributed by atoms with E-state index < -0.39 is 29.5 Å². The Morgan fingerprint density at radius 1 is 1.40 bits per heavy atom. The summed E-state index contributed by atoms with van der Waals surface area (Å²) in [5.41, 5.74) is 1.50. The first-order chi connectivity index (χ1) is 12.1. The van der Waals surface area contributed by atoms with Gasteiger partial charge in [0.2, 0.25) is 5.91 Å². The second kappa shape index (κ2) is 4.95. The first-order valence-electron chi connectivity index (χ1n) is 8.53. The van der Waals surface area contributed by atoms with Gasteiger partial charge < -0.3 is 19.7 Å². The maximum absolute atomic E-state index is 12.9. The van der Waals surface area contributed by atoms with Crippen LogP contribution in [0.1, 0.15) is 5.56 Å². The van der Waals surface area contributed by atoms with Crippen molar-refractivity contribution in [3.8, 4) is 0 Å². The van der Waals surface area contributed by atoms with Crippen molar-refractivity contribution >= 4 is 22.8 Å². The number of fused-ring (bicyclic) bond motifs is 2. The van der Waals surface area contributed by atoms with Crippen LogP contribution in [0.4, 0.5) is 0 Å². The number of aliphatic carboxylic acids is 1. The van der Waals surface area contributed by atoms with E-state index in [4.69, 9.17) is 4.74 Å². The Hall–Kier alpha value is -2.60. The summed E-state index contributed by atoms with van der Waals surface area (Å²) in [5.74, 6) is -2.41. The van der Waals surface area contributed by atoms with Gasteiger partial charge in [-0.2, -0.15) is 0 Å². The van der Waals surface area contributed by atoms with E-state index in [2.05, 4.69) is 11.1 Å². The Kier molecular flexibility index (Phi) is 2.92. The number of hydrogen-bond acceptors (Lipinski definition) is 3. The molecule has 2 fully saturated rings. The molecule has 1 aromatic carbocycles. The fourth-order valence-electron chi connectivity index (χ4n) is 4.64. The molecule has 1 spiro atoms. The van der Waals surface area contributed by atoms with Gasteiger partial charge in [0.1, 0.15) is 11.5 Å². The van der Waals surface area contributed by atoms with Crippen molar-refractivity contribution in [2.75, 3.05) is 13.1 Å². The lowest BCUT2D eigenvalue weighted by Crippen LogP contribution is -2.39. The molecule has 0 saturated carbocycles. The van der Waals surface area contributed by atoms with Crippen molar-refractivity contribution in [3.63, 3.8) is 0 Å². The number of carboxylic acid groups (broad SMARTS) is 1. The van der Waals surface area contributed by atoms with E-state index in [1.165, 1.54) is 0 Å². The Labute approximate surface area is 144 Å². The molecule has 1 amide bonds. The predicted octanol–water partition coefficient (Wildman–Crippen LogP) is 1.58. The molecule has 2 saturated heterocycles. The fraction of sp³-hybridized carbons (Fsp3) is 0.368. The number of nitrogens with one attached hydrogen (secondary N) is 1. The summed E-state index contributed by atoms with van der Waals surface area (Å²) in [6.07, 6.45) is 5.93. The number of benzene rings is 1. The minimum absolute atomic E-state index is 0.0981. The average molecular weight is 338 g/mol. The molecule has 3 aliphatic heterocycles. The molecule has 0 radical (unpaired) electrons. The van der Waals surface area contributed by atoms with Gasteiger partial charge in [-0.1, -0.05) is 30.4 Å². The molecule has 3 aliphatic rings. The minimum Gasteiger partial charge on any atom is -0.481 e. The van der Waals surface area contributed by atoms with Gasteiger partial charge >= 0.3 is 5.97 Å². The third kappa shape index (κ3) is 1.94. The van der Waals surface area contributed by atoms with Crippen molar-refractivity contribution in [1.29, 1.82) is 0 Å². The quantitative estimate of drug-likeness (QED) is 0.829. The van der Waals surface area contributed by atoms with Gasteiger partial charge in [-0.25, -0.2) is 0 Å². The highest BCUT2D eigenvalue weighted by atomic mass is 16.5. The highest BCUT2D eigenvalue weighted by Gasteiger charge is 2.66. The van der Waals surface area contributed by atoms with Crippen LogP contribution in [0.3, 0.4) is 0 Å². The number of carbonyl (C=O) groups is 2. The molecule has 25 heavy (non-hydrogen) atoms. The van der Waals surface area contributed by atoms with E-state index in [1.54, 1.807) is 11.0 Å². The zero-order chi connectivity index (χ0) is 17.2. The molecule has 6 heteroatoms. The van der Waals surface area contributed by atoms with E-state index in [1.807, 2.05) is 30.5 Å². The number of amides is 1. The lowest BCUT2D eigenvalue weighted by Gasteiger charge is -2.21. The van der Waals surface area contributed by atoms with E-state index in [0.717, 1.165) is 22.9 Å². The molecule has 2 N–H and O–H groups in total. The van der Waals surface area contributed by atoms with Crippen LogP contribution in [0.25, 0.3) is 10.9 Å². The van der Waals surface area contributed by atoms with Crippen LogP contribution in [0.15, 0.2) is 42.6 Å². The molecule has 6 nitrogen and oxygen atoms in total. The first kappa shape index (κ1) is 14.7. The third-order valence-corrected chi connectivity index (χ3v) is 5.79. The first-order valence-corrected chi connectivity index (χ1v) is 8.53. The monoisotopic (exact) mass is 338 g/mol. The maximum Gasteiger partial charge on any atom is 0.310 e. The SMILES string of the molecule is O=C(O)[C@H]1[C@@H]2C=C[C@]3(CN(CCc4c[nH]c5ccccc45)C(=O)[C@@H]13)O2. The number of likely N-dealkylation sites (tertiary alicyclic amines) is 1. The Bertz CT molecular complexity index is 917. The number of rotatable bonds is 4. The molecule has 2 bridgehead atoms. The van der Waals surface area contributed by atoms with Crippen LogP contribution in [0.5, 0.6) is 0 Å². The molecule has 4 atom stereocenters. The van der Waals surface area contributed by atoms with Crippen molar-refractivity contribution < 1.29 is 19.4 Å². The van der Waals surface area contributed by atoms with E-state index >= 15 is 0 Å². The van der Waals surface area contributed by atoms with Crippen molar-refractivity contribution in [3.05, 3.63) is 48.2 Å². The molecular formula is C19H18N2O4. The molecule has 2 aromatic rings. The number of H-pyrrole nitrogens is 1. The summed E-state index contributed by atoms with van der Waals surface area (Å²) < 4.78 is 5.91. The van der Waals surface area contributed by atoms with Crippen LogP contribution in [0.2, 0.25) is 0 Å². The number of aromatic nitrogens is 1. The van der Waals surface area contributed by atoms with Gasteiger partial charge in [-0.15, -0.1) is 0 Å². The summed E-state index contributed by atoms with van der Waals surface area (Å²) in [7, 11) is 0. The Balaban J connectivity index is 1.37. The molecule has 0 aliphatic carbocycles. The average Bonchev–Trinajstić information content (AvgIpc) is 3.33. The topological polar surface area (TPSA) is 82.6 Å². The van der Waals surface area contributed by atoms with Gasteiger partial charge in [0.25, 0.3) is 0 Å². The number of carbonyl (C=O) groups excluding carboxylic acids is 1. The molecule has 4 heterocycles. The highest BCUT2D eigenvalue weighted by Crippen LogP contribution is 2.51. The summed E-state index contributed by atoms with van der Waals surface area (Å²) >= 11 is 0. The number of hydrogen-bond donors (Lipinski definition) is 2. The summed E-state index contributed by atoms with van der Waals surface area (Å²) in [5, 5.41) is 10.7. The van der Waals surface area contributed by atoms with Gasteiger partial charge in [-0.05, 0) is 18.1 Å². The van der Waals surface area contributed by atoms with Gasteiger partial charge in [0.15, 0.2) is 0 Å². The van der Waals surface area contributed by atoms with Crippen LogP contribution in [-0.2, 0) is 20.7 Å². The summed E-state index contributed by atoms with van der Waals surface area (Å²) in [4.78, 5) is 29.4. The number of para-hydroxylation sites is 1. The Morgan fingerprint density at radius 2 is 2.24 bits per heavy atom. The van der Waals surface area contributed by atoms with Crippen LogP contribution in [0, 0.1) is 11.8 Å². The van der Waals surface area contributed by atoms with Gasteiger partial charge in [0, 0.05) is 23.6 Å². The largest absolute Gasteiger partial charge is 0.481 e. The third-order valence-electron chi connectivity index (χ3n) is 5.79. The lowest BCUT2D eigenvalue weighted by atomic mass is 9.77. The fourth-order valence-corrected chi connectivity index (χ4v) is 4.64. The summed E-state index contributed by atoms with van der Waals surface area (Å²) in [6.45, 7) is 1.00. The van der Waals surface area contributed by atoms with E-state index in [9.17, 15) is 14.7 Å². The maximum atomic E-state index is 12.9. The number of ether oxygens (including phenoxy) is 1. The van der Waals surface area contributed by atoms with Crippen LogP contribution in [-0.4, -0.2) is 51.7 Å². The normalized spacial score (nSPS) is 32.7. The second-order valence-electron chi connectivity index (χ2n) is 7.11. The zero-order valence-corrected chi connectivity index (χ0v) is 13.5. The lowest BCUT2D eigenvalue weighted by molar-refractivity contribution is -0.148. The molecule has 1 aromatic heterocycles. The zero-order valence-electron chi connectivity index (χ0n) is 13.5. The van der Waals surface area contributed by atoms with Gasteiger partial charge in [-0.3, -0.25) is 9.59 Å². The minimum atomic E-state index is -0.951. The molecule has 128 valence electrons. The van der Waals surface area contributed by atoms with Gasteiger partial charge in [0.05, 0.1) is 18.6 Å². The number of aromatic amines is 1. The molecular weight excluding hydrogens is 320 g/mol. The Morgan fingerprint density at radius 3 is 3.08 bits per heavy atom. The van der Waals surface area contributed by atoms with Crippen molar-refractivity contribution in [2.24, 2.45) is 11.8 Å². The van der Waals surface area contributed by atoms with Crippen molar-refractivity contribution in [2.45, 2.75) is 18.1 Å². The predicted molar refractivity (Wildman–Crippen MR) is 89.9 cm³/mol. The number of nitrogens with zero attached hydrogens (tertiary/aromatic N) is 1. The standard InChI is InChI=1S/C19H18N2O4/c22-17-16-15(18(23)24)14-5-7-19(16,25-14)10-21(17)8-6-11-9-20-13-4-2-1-3-12(11)13/h1-5,7,9,14-16,20H,6,8,10H2,(H,23,24)/t14-,15-,16+,19+/m0/s1. The molecule has 5 rings (SSSR count).